The van der Waals surface area contributed by atoms with E-state index in [-0.39, 0.29) is 12.4 Å². The second-order valence-corrected chi connectivity index (χ2v) is 6.08. The fourth-order valence-electron chi connectivity index (χ4n) is 1.09. The van der Waals surface area contributed by atoms with Crippen molar-refractivity contribution in [2.45, 2.75) is 44.1 Å². The molecule has 5 heteroatoms. The van der Waals surface area contributed by atoms with Crippen LogP contribution in [0, 0.1) is 6.92 Å². The number of carbonyl (C=O) groups excluding carboxylic acids is 1. The molecule has 84 valence electrons. The van der Waals surface area contributed by atoms with Crippen molar-refractivity contribution in [1.29, 1.82) is 0 Å². The average Bonchev–Trinajstić information content (AvgIpc) is 2.25. The van der Waals surface area contributed by atoms with Gasteiger partial charge < -0.3 is 4.74 Å². The zero-order chi connectivity index (χ0) is 11.6. The molecule has 0 N–H and O–H groups in total. The highest BCUT2D eigenvalue weighted by Crippen LogP contribution is 2.22. The monoisotopic (exact) mass is 245 g/mol. The minimum Gasteiger partial charge on any atom is -0.460 e. The predicted molar refractivity (Wildman–Crippen MR) is 63.7 cm³/mol. The van der Waals surface area contributed by atoms with E-state index < -0.39 is 5.60 Å². The summed E-state index contributed by atoms with van der Waals surface area (Å²) in [5.41, 5.74) is 0.426. The van der Waals surface area contributed by atoms with Crippen LogP contribution in [-0.2, 0) is 16.0 Å². The second kappa shape index (κ2) is 4.53. The predicted octanol–water partition coefficient (Wildman–Crippen LogP) is 2.62. The number of esters is 1. The molecular weight excluding hydrogens is 230 g/mol. The number of nitrogens with zero attached hydrogens (tertiary/aromatic N) is 1. The van der Waals surface area contributed by atoms with Gasteiger partial charge in [0.2, 0.25) is 0 Å². The molecule has 1 heterocycles. The minimum atomic E-state index is -0.431. The van der Waals surface area contributed by atoms with Gasteiger partial charge >= 0.3 is 5.97 Å². The summed E-state index contributed by atoms with van der Waals surface area (Å²) in [6, 6.07) is 0. The standard InChI is InChI=1S/C10H15NO2S2/c1-6-7(15-9(14)11-6)5-8(12)13-10(2,3)4/h5H2,1-4H3,(H,11,14). The van der Waals surface area contributed by atoms with Crippen molar-refractivity contribution in [3.63, 3.8) is 0 Å². The van der Waals surface area contributed by atoms with E-state index in [4.69, 9.17) is 4.74 Å². The van der Waals surface area contributed by atoms with Crippen molar-refractivity contribution in [2.75, 3.05) is 0 Å². The van der Waals surface area contributed by atoms with Crippen LogP contribution in [0.5, 0.6) is 0 Å². The highest BCUT2D eigenvalue weighted by Gasteiger charge is 2.18. The smallest absolute Gasteiger partial charge is 0.311 e. The Morgan fingerprint density at radius 2 is 2.13 bits per heavy atom. The summed E-state index contributed by atoms with van der Waals surface area (Å²) in [7, 11) is 0. The van der Waals surface area contributed by atoms with Gasteiger partial charge in [-0.05, 0) is 27.7 Å². The number of hydrogen-bond donors (Lipinski definition) is 1. The quantitative estimate of drug-likeness (QED) is 0.643. The topological polar surface area (TPSA) is 39.2 Å². The molecule has 0 aliphatic heterocycles. The van der Waals surface area contributed by atoms with Gasteiger partial charge in [0.1, 0.15) is 9.94 Å². The Morgan fingerprint density at radius 3 is 2.53 bits per heavy atom. The number of thiazole rings is 1. The van der Waals surface area contributed by atoms with Crippen LogP contribution in [0.3, 0.4) is 0 Å². The molecule has 1 rings (SSSR count). The first-order chi connectivity index (χ1) is 6.78. The zero-order valence-electron chi connectivity index (χ0n) is 9.33. The first-order valence-corrected chi connectivity index (χ1v) is 5.91. The highest BCUT2D eigenvalue weighted by atomic mass is 32.2. The first kappa shape index (κ1) is 12.5. The van der Waals surface area contributed by atoms with Crippen molar-refractivity contribution >= 4 is 29.9 Å². The van der Waals surface area contributed by atoms with E-state index in [1.165, 1.54) is 11.3 Å². The molecular formula is C10H15NO2S2. The van der Waals surface area contributed by atoms with E-state index in [0.717, 1.165) is 10.6 Å². The zero-order valence-corrected chi connectivity index (χ0v) is 11.0. The van der Waals surface area contributed by atoms with E-state index >= 15 is 0 Å². The van der Waals surface area contributed by atoms with Crippen molar-refractivity contribution in [2.24, 2.45) is 0 Å². The summed E-state index contributed by atoms with van der Waals surface area (Å²) in [4.78, 5) is 16.6. The summed E-state index contributed by atoms with van der Waals surface area (Å²) in [6.45, 7) is 7.44. The molecule has 0 aromatic carbocycles. The maximum absolute atomic E-state index is 11.5. The average molecular weight is 245 g/mol. The number of aryl methyl sites for hydroxylation is 1. The third-order valence-corrected chi connectivity index (χ3v) is 2.94. The number of aromatic nitrogens is 1. The molecule has 3 nitrogen and oxygen atoms in total. The minimum absolute atomic E-state index is 0.220. The molecule has 0 fully saturated rings. The van der Waals surface area contributed by atoms with Gasteiger partial charge in [-0.1, -0.05) is 0 Å². The SMILES string of the molecule is Cc1nc(S)sc1CC(=O)OC(C)(C)C. The van der Waals surface area contributed by atoms with Crippen molar-refractivity contribution in [3.05, 3.63) is 10.6 Å². The van der Waals surface area contributed by atoms with E-state index in [9.17, 15) is 4.79 Å². The van der Waals surface area contributed by atoms with Crippen LogP contribution in [0.4, 0.5) is 0 Å². The molecule has 0 saturated heterocycles. The van der Waals surface area contributed by atoms with Gasteiger partial charge in [0, 0.05) is 4.88 Å². The van der Waals surface area contributed by atoms with E-state index in [1.54, 1.807) is 0 Å². The number of thiol groups is 1. The lowest BCUT2D eigenvalue weighted by Gasteiger charge is -2.19. The Balaban J connectivity index is 2.63. The molecule has 0 bridgehead atoms. The van der Waals surface area contributed by atoms with Gasteiger partial charge in [0.15, 0.2) is 0 Å². The molecule has 0 spiro atoms. The van der Waals surface area contributed by atoms with Crippen molar-refractivity contribution in [3.8, 4) is 0 Å². The summed E-state index contributed by atoms with van der Waals surface area (Å²) in [5, 5.41) is 0. The van der Waals surface area contributed by atoms with Crippen LogP contribution in [0.15, 0.2) is 4.34 Å². The van der Waals surface area contributed by atoms with Gasteiger partial charge in [-0.15, -0.1) is 24.0 Å². The van der Waals surface area contributed by atoms with Crippen molar-refractivity contribution in [1.82, 2.24) is 4.98 Å². The molecule has 0 aliphatic carbocycles. The molecule has 15 heavy (non-hydrogen) atoms. The third-order valence-electron chi connectivity index (χ3n) is 1.61. The Bertz CT molecular complexity index is 366. The maximum atomic E-state index is 11.5. The Kier molecular flexibility index (Phi) is 3.78. The molecule has 0 amide bonds. The number of rotatable bonds is 2. The molecule has 0 atom stereocenters. The summed E-state index contributed by atoms with van der Waals surface area (Å²) in [5.74, 6) is -0.220. The lowest BCUT2D eigenvalue weighted by atomic mass is 10.2. The Morgan fingerprint density at radius 1 is 1.53 bits per heavy atom. The van der Waals surface area contributed by atoms with Crippen LogP contribution in [0.2, 0.25) is 0 Å². The summed E-state index contributed by atoms with van der Waals surface area (Å²) >= 11 is 5.56. The van der Waals surface area contributed by atoms with Gasteiger partial charge in [0.25, 0.3) is 0 Å². The number of ether oxygens (including phenoxy) is 1. The third kappa shape index (κ3) is 4.22. The van der Waals surface area contributed by atoms with E-state index in [2.05, 4.69) is 17.6 Å². The van der Waals surface area contributed by atoms with Crippen molar-refractivity contribution < 1.29 is 9.53 Å². The maximum Gasteiger partial charge on any atom is 0.311 e. The van der Waals surface area contributed by atoms with Gasteiger partial charge in [-0.3, -0.25) is 4.79 Å². The highest BCUT2D eigenvalue weighted by molar-refractivity contribution is 7.82. The Labute approximate surface area is 99.3 Å². The van der Waals surface area contributed by atoms with E-state index in [1.807, 2.05) is 27.7 Å². The fraction of sp³-hybridized carbons (Fsp3) is 0.600. The second-order valence-electron chi connectivity index (χ2n) is 4.27. The molecule has 0 saturated carbocycles. The van der Waals surface area contributed by atoms with Gasteiger partial charge in [-0.2, -0.15) is 0 Å². The van der Waals surface area contributed by atoms with Crippen LogP contribution in [-0.4, -0.2) is 16.6 Å². The molecule has 0 aliphatic rings. The first-order valence-electron chi connectivity index (χ1n) is 4.65. The van der Waals surface area contributed by atoms with Crippen LogP contribution in [0.25, 0.3) is 0 Å². The molecule has 0 radical (unpaired) electrons. The van der Waals surface area contributed by atoms with Gasteiger partial charge in [-0.25, -0.2) is 4.98 Å². The lowest BCUT2D eigenvalue weighted by Crippen LogP contribution is -2.24. The normalized spacial score (nSPS) is 11.5. The molecule has 0 unspecified atom stereocenters. The summed E-state index contributed by atoms with van der Waals surface area (Å²) in [6.07, 6.45) is 0.279. The Hall–Kier alpha value is -0.550. The number of hydrogen-bond acceptors (Lipinski definition) is 5. The van der Waals surface area contributed by atoms with E-state index in [0.29, 0.717) is 4.34 Å². The lowest BCUT2D eigenvalue weighted by molar-refractivity contribution is -0.153. The van der Waals surface area contributed by atoms with Crippen LogP contribution >= 0.6 is 24.0 Å². The van der Waals surface area contributed by atoms with Gasteiger partial charge in [0.05, 0.1) is 12.1 Å². The molecule has 1 aromatic rings. The molecule has 1 aromatic heterocycles. The summed E-state index contributed by atoms with van der Waals surface area (Å²) < 4.78 is 5.91. The largest absolute Gasteiger partial charge is 0.460 e. The van der Waals surface area contributed by atoms with Crippen LogP contribution < -0.4 is 0 Å². The van der Waals surface area contributed by atoms with Crippen LogP contribution in [0.1, 0.15) is 31.3 Å². The fourth-order valence-corrected chi connectivity index (χ4v) is 2.35. The number of carbonyl (C=O) groups is 1.